The molecule has 0 aromatic carbocycles. The summed E-state index contributed by atoms with van der Waals surface area (Å²) in [5.41, 5.74) is 0. The molecule has 0 bridgehead atoms. The van der Waals surface area contributed by atoms with Gasteiger partial charge in [-0.25, -0.2) is 4.79 Å². The van der Waals surface area contributed by atoms with Gasteiger partial charge in [-0.15, -0.1) is 0 Å². The van der Waals surface area contributed by atoms with E-state index in [0.29, 0.717) is 6.54 Å². The van der Waals surface area contributed by atoms with Crippen LogP contribution in [0.1, 0.15) is 52.4 Å². The number of carboxylic acids is 1. The minimum atomic E-state index is -1.03. The molecule has 0 radical (unpaired) electrons. The minimum Gasteiger partial charge on any atom is -0.480 e. The maximum Gasteiger partial charge on any atom is 0.325 e. The maximum atomic E-state index is 11.2. The van der Waals surface area contributed by atoms with Crippen molar-refractivity contribution in [3.63, 3.8) is 0 Å². The first-order valence-corrected chi connectivity index (χ1v) is 6.35. The second kappa shape index (κ2) is 9.93. The van der Waals surface area contributed by atoms with Gasteiger partial charge in [-0.3, -0.25) is 4.79 Å². The molecule has 0 aliphatic rings. The Bertz CT molecular complexity index is 232. The third-order valence-electron chi connectivity index (χ3n) is 2.53. The van der Waals surface area contributed by atoms with E-state index < -0.39 is 18.0 Å². The van der Waals surface area contributed by atoms with E-state index in [9.17, 15) is 9.59 Å². The number of nitrogens with one attached hydrogen (secondary N) is 2. The average molecular weight is 244 g/mol. The van der Waals surface area contributed by atoms with Gasteiger partial charge in [-0.05, 0) is 13.3 Å². The highest BCUT2D eigenvalue weighted by Gasteiger charge is 2.12. The second-order valence-electron chi connectivity index (χ2n) is 4.23. The standard InChI is InChI=1S/C12H24N2O3/c1-3-4-5-6-7-8-9-13-12(17)14-10(2)11(15)16/h10H,3-9H2,1-2H3,(H,15,16)(H2,13,14,17). The summed E-state index contributed by atoms with van der Waals surface area (Å²) in [6, 6.07) is -1.26. The minimum absolute atomic E-state index is 0.409. The summed E-state index contributed by atoms with van der Waals surface area (Å²) in [6.45, 7) is 4.21. The number of unbranched alkanes of at least 4 members (excludes halogenated alkanes) is 5. The number of urea groups is 1. The van der Waals surface area contributed by atoms with Crippen LogP contribution in [0, 0.1) is 0 Å². The Labute approximate surface area is 103 Å². The maximum absolute atomic E-state index is 11.2. The lowest BCUT2D eigenvalue weighted by Crippen LogP contribution is -2.44. The van der Waals surface area contributed by atoms with E-state index in [2.05, 4.69) is 17.6 Å². The van der Waals surface area contributed by atoms with Gasteiger partial charge in [-0.2, -0.15) is 0 Å². The summed E-state index contributed by atoms with van der Waals surface area (Å²) in [7, 11) is 0. The van der Waals surface area contributed by atoms with Crippen molar-refractivity contribution in [2.45, 2.75) is 58.4 Å². The summed E-state index contributed by atoms with van der Waals surface area (Å²) in [5.74, 6) is -1.03. The van der Waals surface area contributed by atoms with E-state index >= 15 is 0 Å². The lowest BCUT2D eigenvalue weighted by atomic mass is 10.1. The molecule has 0 aliphatic heterocycles. The van der Waals surface area contributed by atoms with Crippen LogP contribution in [0.25, 0.3) is 0 Å². The molecule has 0 fully saturated rings. The third-order valence-corrected chi connectivity index (χ3v) is 2.53. The number of aliphatic carboxylic acids is 1. The number of hydrogen-bond acceptors (Lipinski definition) is 2. The topological polar surface area (TPSA) is 78.4 Å². The van der Waals surface area contributed by atoms with Crippen molar-refractivity contribution in [1.82, 2.24) is 10.6 Å². The Morgan fingerprint density at radius 1 is 1.12 bits per heavy atom. The summed E-state index contributed by atoms with van der Waals surface area (Å²) in [5, 5.41) is 13.6. The highest BCUT2D eigenvalue weighted by atomic mass is 16.4. The first-order chi connectivity index (χ1) is 8.07. The molecule has 0 aromatic heterocycles. The number of rotatable bonds is 9. The van der Waals surface area contributed by atoms with Gasteiger partial charge in [0, 0.05) is 6.54 Å². The van der Waals surface area contributed by atoms with Gasteiger partial charge in [0.1, 0.15) is 6.04 Å². The molecule has 17 heavy (non-hydrogen) atoms. The monoisotopic (exact) mass is 244 g/mol. The molecule has 0 heterocycles. The molecule has 0 aliphatic carbocycles. The van der Waals surface area contributed by atoms with Gasteiger partial charge in [0.25, 0.3) is 0 Å². The average Bonchev–Trinajstić information content (AvgIpc) is 2.27. The smallest absolute Gasteiger partial charge is 0.325 e. The number of carboxylic acid groups (broad SMARTS) is 1. The van der Waals surface area contributed by atoms with Crippen molar-refractivity contribution in [3.05, 3.63) is 0 Å². The number of carbonyl (C=O) groups is 2. The van der Waals surface area contributed by atoms with Gasteiger partial charge in [0.2, 0.25) is 0 Å². The van der Waals surface area contributed by atoms with Crippen LogP contribution < -0.4 is 10.6 Å². The van der Waals surface area contributed by atoms with Crippen molar-refractivity contribution in [2.75, 3.05) is 6.54 Å². The largest absolute Gasteiger partial charge is 0.480 e. The zero-order valence-electron chi connectivity index (χ0n) is 10.8. The summed E-state index contributed by atoms with van der Waals surface area (Å²) in [6.07, 6.45) is 6.99. The zero-order valence-corrected chi connectivity index (χ0v) is 10.8. The Kier molecular flexibility index (Phi) is 9.19. The zero-order chi connectivity index (χ0) is 13.1. The van der Waals surface area contributed by atoms with Gasteiger partial charge in [0.15, 0.2) is 0 Å². The summed E-state index contributed by atoms with van der Waals surface area (Å²) < 4.78 is 0. The van der Waals surface area contributed by atoms with Crippen LogP contribution in [-0.4, -0.2) is 29.7 Å². The van der Waals surface area contributed by atoms with Crippen LogP contribution in [0.15, 0.2) is 0 Å². The molecule has 0 aromatic rings. The fourth-order valence-electron chi connectivity index (χ4n) is 1.42. The normalized spacial score (nSPS) is 11.9. The molecule has 0 spiro atoms. The molecule has 1 atom stereocenters. The molecule has 2 amide bonds. The fourth-order valence-corrected chi connectivity index (χ4v) is 1.42. The van der Waals surface area contributed by atoms with Crippen molar-refractivity contribution < 1.29 is 14.7 Å². The van der Waals surface area contributed by atoms with Crippen molar-refractivity contribution in [1.29, 1.82) is 0 Å². The molecule has 5 heteroatoms. The van der Waals surface area contributed by atoms with E-state index in [-0.39, 0.29) is 0 Å². The van der Waals surface area contributed by atoms with Gasteiger partial charge < -0.3 is 15.7 Å². The molecule has 0 rings (SSSR count). The quantitative estimate of drug-likeness (QED) is 0.544. The van der Waals surface area contributed by atoms with Crippen LogP contribution in [0.4, 0.5) is 4.79 Å². The first kappa shape index (κ1) is 15.7. The SMILES string of the molecule is CCCCCCCCNC(=O)NC(C)C(=O)O. The van der Waals surface area contributed by atoms with E-state index in [1.54, 1.807) is 0 Å². The van der Waals surface area contributed by atoms with Crippen LogP contribution in [-0.2, 0) is 4.79 Å². The highest BCUT2D eigenvalue weighted by molar-refractivity contribution is 5.82. The van der Waals surface area contributed by atoms with Crippen LogP contribution >= 0.6 is 0 Å². The van der Waals surface area contributed by atoms with Crippen LogP contribution in [0.5, 0.6) is 0 Å². The van der Waals surface area contributed by atoms with Gasteiger partial charge in [0.05, 0.1) is 0 Å². The molecule has 5 nitrogen and oxygen atoms in total. The lowest BCUT2D eigenvalue weighted by molar-refractivity contribution is -0.138. The summed E-state index contributed by atoms with van der Waals surface area (Å²) in [4.78, 5) is 21.7. The van der Waals surface area contributed by atoms with E-state index in [0.717, 1.165) is 12.8 Å². The molecule has 1 unspecified atom stereocenters. The van der Waals surface area contributed by atoms with Crippen LogP contribution in [0.2, 0.25) is 0 Å². The highest BCUT2D eigenvalue weighted by Crippen LogP contribution is 2.03. The fraction of sp³-hybridized carbons (Fsp3) is 0.833. The molecule has 3 N–H and O–H groups in total. The van der Waals surface area contributed by atoms with Gasteiger partial charge in [-0.1, -0.05) is 39.0 Å². The predicted octanol–water partition coefficient (Wildman–Crippen LogP) is 2.12. The van der Waals surface area contributed by atoms with Gasteiger partial charge >= 0.3 is 12.0 Å². The molecular formula is C12H24N2O3. The van der Waals surface area contributed by atoms with E-state index in [1.165, 1.54) is 32.6 Å². The van der Waals surface area contributed by atoms with E-state index in [4.69, 9.17) is 5.11 Å². The molecular weight excluding hydrogens is 220 g/mol. The number of amides is 2. The predicted molar refractivity (Wildman–Crippen MR) is 67.0 cm³/mol. The van der Waals surface area contributed by atoms with Crippen molar-refractivity contribution in [2.24, 2.45) is 0 Å². The van der Waals surface area contributed by atoms with Crippen LogP contribution in [0.3, 0.4) is 0 Å². The molecule has 100 valence electrons. The van der Waals surface area contributed by atoms with E-state index in [1.807, 2.05) is 0 Å². The third kappa shape index (κ3) is 9.66. The molecule has 0 saturated carbocycles. The Morgan fingerprint density at radius 3 is 2.29 bits per heavy atom. The Hall–Kier alpha value is -1.26. The Balaban J connectivity index is 3.36. The number of carbonyl (C=O) groups excluding carboxylic acids is 1. The number of hydrogen-bond donors (Lipinski definition) is 3. The Morgan fingerprint density at radius 2 is 1.71 bits per heavy atom. The molecule has 0 saturated heterocycles. The van der Waals surface area contributed by atoms with Crippen molar-refractivity contribution >= 4 is 12.0 Å². The van der Waals surface area contributed by atoms with Crippen molar-refractivity contribution in [3.8, 4) is 0 Å². The second-order valence-corrected chi connectivity index (χ2v) is 4.23. The summed E-state index contributed by atoms with van der Waals surface area (Å²) >= 11 is 0. The lowest BCUT2D eigenvalue weighted by Gasteiger charge is -2.10. The first-order valence-electron chi connectivity index (χ1n) is 6.35.